The van der Waals surface area contributed by atoms with E-state index in [-0.39, 0.29) is 22.5 Å². The zero-order valence-corrected chi connectivity index (χ0v) is 24.9. The summed E-state index contributed by atoms with van der Waals surface area (Å²) >= 11 is 12.2. The van der Waals surface area contributed by atoms with Crippen LogP contribution in [-0.4, -0.2) is 31.7 Å². The standard InChI is InChI=1S/C32H28Cl2N4O4/c1-19-5-11-25(12-6-19)38-32(21-7-16-28(41-3)29(17-21)42-4)37(30(36-38)20(2)39)24-13-9-23(10-14-24)35-31(40)26-15-8-22(33)18-27(26)34/h5-18,32H,1-4H3,(H,35,40)/t32-/m1/s1. The van der Waals surface area contributed by atoms with Crippen molar-refractivity contribution in [3.8, 4) is 11.5 Å². The van der Waals surface area contributed by atoms with E-state index in [2.05, 4.69) is 5.32 Å². The van der Waals surface area contributed by atoms with Gasteiger partial charge in [0, 0.05) is 28.9 Å². The van der Waals surface area contributed by atoms with Crippen LogP contribution in [0.3, 0.4) is 0 Å². The monoisotopic (exact) mass is 602 g/mol. The lowest BCUT2D eigenvalue weighted by Crippen LogP contribution is -2.37. The number of hydrogen-bond acceptors (Lipinski definition) is 7. The number of anilines is 3. The first-order valence-electron chi connectivity index (χ1n) is 13.0. The fraction of sp³-hybridized carbons (Fsp3) is 0.156. The van der Waals surface area contributed by atoms with Crippen LogP contribution in [0, 0.1) is 6.92 Å². The molecule has 0 saturated heterocycles. The molecule has 0 radical (unpaired) electrons. The van der Waals surface area contributed by atoms with Gasteiger partial charge in [-0.15, -0.1) is 5.10 Å². The average molecular weight is 604 g/mol. The SMILES string of the molecule is COc1ccc([C@H]2N(c3ccc(C)cc3)N=C(C(C)=O)N2c2ccc(NC(=O)c3ccc(Cl)cc3Cl)cc2)cc1OC. The van der Waals surface area contributed by atoms with E-state index in [1.807, 2.05) is 71.4 Å². The van der Waals surface area contributed by atoms with Crippen LogP contribution in [0.4, 0.5) is 17.1 Å². The van der Waals surface area contributed by atoms with Crippen molar-refractivity contribution in [2.75, 3.05) is 29.4 Å². The number of benzene rings is 4. The molecule has 1 N–H and O–H groups in total. The Morgan fingerprint density at radius 1 is 0.833 bits per heavy atom. The van der Waals surface area contributed by atoms with Gasteiger partial charge in [-0.3, -0.25) is 14.5 Å². The quantitative estimate of drug-likeness (QED) is 0.225. The molecular formula is C32H28Cl2N4O4. The summed E-state index contributed by atoms with van der Waals surface area (Å²) in [5.74, 6) is 0.825. The highest BCUT2D eigenvalue weighted by Crippen LogP contribution is 2.42. The molecule has 10 heteroatoms. The largest absolute Gasteiger partial charge is 0.493 e. The van der Waals surface area contributed by atoms with Crippen molar-refractivity contribution >= 4 is 57.8 Å². The zero-order chi connectivity index (χ0) is 30.0. The van der Waals surface area contributed by atoms with Crippen LogP contribution < -0.4 is 24.7 Å². The molecule has 0 unspecified atom stereocenters. The maximum Gasteiger partial charge on any atom is 0.257 e. The van der Waals surface area contributed by atoms with Gasteiger partial charge in [0.15, 0.2) is 29.3 Å². The molecule has 0 aromatic heterocycles. The van der Waals surface area contributed by atoms with E-state index in [0.29, 0.717) is 33.5 Å². The summed E-state index contributed by atoms with van der Waals surface area (Å²) in [4.78, 5) is 27.7. The second-order valence-corrected chi connectivity index (χ2v) is 10.5. The van der Waals surface area contributed by atoms with E-state index in [1.54, 1.807) is 38.5 Å². The Bertz CT molecular complexity index is 1670. The number of methoxy groups -OCH3 is 2. The zero-order valence-electron chi connectivity index (χ0n) is 23.4. The summed E-state index contributed by atoms with van der Waals surface area (Å²) in [7, 11) is 3.16. The van der Waals surface area contributed by atoms with Crippen molar-refractivity contribution < 1.29 is 19.1 Å². The molecule has 214 valence electrons. The molecule has 0 saturated carbocycles. The van der Waals surface area contributed by atoms with Gasteiger partial charge in [0.2, 0.25) is 0 Å². The molecule has 4 aromatic rings. The van der Waals surface area contributed by atoms with Gasteiger partial charge in [-0.1, -0.05) is 47.0 Å². The summed E-state index contributed by atoms with van der Waals surface area (Å²) in [6.07, 6.45) is -0.528. The number of carbonyl (C=O) groups is 2. The Morgan fingerprint density at radius 2 is 1.50 bits per heavy atom. The second kappa shape index (κ2) is 12.1. The van der Waals surface area contributed by atoms with Gasteiger partial charge in [0.05, 0.1) is 30.5 Å². The van der Waals surface area contributed by atoms with Crippen LogP contribution in [0.15, 0.2) is 90.0 Å². The lowest BCUT2D eigenvalue weighted by Gasteiger charge is -2.32. The van der Waals surface area contributed by atoms with Gasteiger partial charge in [0.25, 0.3) is 5.91 Å². The molecular weight excluding hydrogens is 575 g/mol. The molecule has 1 aliphatic heterocycles. The van der Waals surface area contributed by atoms with Gasteiger partial charge >= 0.3 is 0 Å². The lowest BCUT2D eigenvalue weighted by atomic mass is 10.1. The topological polar surface area (TPSA) is 83.5 Å². The number of amides is 1. The lowest BCUT2D eigenvalue weighted by molar-refractivity contribution is -0.111. The maximum atomic E-state index is 13.0. The van der Waals surface area contributed by atoms with Crippen molar-refractivity contribution in [2.24, 2.45) is 5.10 Å². The van der Waals surface area contributed by atoms with Crippen LogP contribution in [0.5, 0.6) is 11.5 Å². The van der Waals surface area contributed by atoms with E-state index in [9.17, 15) is 9.59 Å². The van der Waals surface area contributed by atoms with Crippen LogP contribution in [0.1, 0.15) is 34.6 Å². The predicted octanol–water partition coefficient (Wildman–Crippen LogP) is 7.50. The first-order valence-corrected chi connectivity index (χ1v) is 13.8. The van der Waals surface area contributed by atoms with E-state index in [4.69, 9.17) is 37.8 Å². The molecule has 5 rings (SSSR count). The molecule has 8 nitrogen and oxygen atoms in total. The van der Waals surface area contributed by atoms with E-state index in [0.717, 1.165) is 16.8 Å². The average Bonchev–Trinajstić information content (AvgIpc) is 3.38. The van der Waals surface area contributed by atoms with Crippen molar-refractivity contribution in [2.45, 2.75) is 20.0 Å². The van der Waals surface area contributed by atoms with E-state index < -0.39 is 6.17 Å². The number of Topliss-reactive ketones (excluding diaryl/α,β-unsaturated/α-hetero) is 1. The van der Waals surface area contributed by atoms with Crippen molar-refractivity contribution in [3.05, 3.63) is 112 Å². The number of amidine groups is 1. The number of nitrogens with one attached hydrogen (secondary N) is 1. The summed E-state index contributed by atoms with van der Waals surface area (Å²) in [5, 5.41) is 10.2. The Morgan fingerprint density at radius 3 is 2.12 bits per heavy atom. The number of hydrazone groups is 1. The number of ether oxygens (including phenoxy) is 2. The molecule has 0 fully saturated rings. The highest BCUT2D eigenvalue weighted by molar-refractivity contribution is 6.44. The van der Waals surface area contributed by atoms with Crippen LogP contribution in [0.2, 0.25) is 10.0 Å². The molecule has 0 spiro atoms. The Kier molecular flexibility index (Phi) is 8.38. The fourth-order valence-electron chi connectivity index (χ4n) is 4.71. The predicted molar refractivity (Wildman–Crippen MR) is 167 cm³/mol. The van der Waals surface area contributed by atoms with Gasteiger partial charge in [-0.25, -0.2) is 5.01 Å². The van der Waals surface area contributed by atoms with Gasteiger partial charge in [-0.05, 0) is 73.7 Å². The normalized spacial score (nSPS) is 14.4. The number of halogens is 2. The minimum atomic E-state index is -0.528. The fourth-order valence-corrected chi connectivity index (χ4v) is 5.21. The first-order chi connectivity index (χ1) is 20.2. The van der Waals surface area contributed by atoms with E-state index in [1.165, 1.54) is 13.0 Å². The smallest absolute Gasteiger partial charge is 0.257 e. The first kappa shape index (κ1) is 29.0. The number of hydrogen-bond donors (Lipinski definition) is 1. The Hall–Kier alpha value is -4.53. The van der Waals surface area contributed by atoms with Crippen LogP contribution in [-0.2, 0) is 4.79 Å². The molecule has 4 aromatic carbocycles. The highest BCUT2D eigenvalue weighted by Gasteiger charge is 2.39. The van der Waals surface area contributed by atoms with Crippen molar-refractivity contribution in [3.63, 3.8) is 0 Å². The highest BCUT2D eigenvalue weighted by atomic mass is 35.5. The third kappa shape index (κ3) is 5.77. The van der Waals surface area contributed by atoms with Gasteiger partial charge in [0.1, 0.15) is 0 Å². The van der Waals surface area contributed by atoms with Crippen molar-refractivity contribution in [1.29, 1.82) is 0 Å². The molecule has 1 amide bonds. The minimum absolute atomic E-state index is 0.204. The van der Waals surface area contributed by atoms with E-state index >= 15 is 0 Å². The summed E-state index contributed by atoms with van der Waals surface area (Å²) in [5.41, 5.74) is 4.28. The number of rotatable bonds is 8. The minimum Gasteiger partial charge on any atom is -0.493 e. The van der Waals surface area contributed by atoms with Gasteiger partial charge < -0.3 is 14.8 Å². The Labute approximate surface area is 254 Å². The molecule has 42 heavy (non-hydrogen) atoms. The molecule has 1 heterocycles. The number of nitrogens with zero attached hydrogens (tertiary/aromatic N) is 3. The van der Waals surface area contributed by atoms with Crippen LogP contribution >= 0.6 is 23.2 Å². The number of aryl methyl sites for hydroxylation is 1. The number of carbonyl (C=O) groups excluding carboxylic acids is 2. The second-order valence-electron chi connectivity index (χ2n) is 9.64. The maximum absolute atomic E-state index is 13.0. The van der Waals surface area contributed by atoms with Crippen molar-refractivity contribution in [1.82, 2.24) is 0 Å². The Balaban J connectivity index is 1.54. The van der Waals surface area contributed by atoms with Gasteiger partial charge in [-0.2, -0.15) is 0 Å². The number of ketones is 1. The van der Waals surface area contributed by atoms with Crippen LogP contribution in [0.25, 0.3) is 0 Å². The summed E-state index contributed by atoms with van der Waals surface area (Å²) in [6, 6.07) is 25.4. The summed E-state index contributed by atoms with van der Waals surface area (Å²) < 4.78 is 11.0. The molecule has 0 bridgehead atoms. The molecule has 0 aliphatic carbocycles. The molecule has 1 aliphatic rings. The third-order valence-corrected chi connectivity index (χ3v) is 7.35. The summed E-state index contributed by atoms with van der Waals surface area (Å²) in [6.45, 7) is 3.50. The third-order valence-electron chi connectivity index (χ3n) is 6.81. The molecule has 1 atom stereocenters.